The van der Waals surface area contributed by atoms with Gasteiger partial charge in [0, 0.05) is 57.8 Å². The molecule has 2 heterocycles. The van der Waals surface area contributed by atoms with Crippen LogP contribution in [0.15, 0.2) is 29.3 Å². The van der Waals surface area contributed by atoms with Gasteiger partial charge in [0.05, 0.1) is 0 Å². The maximum atomic E-state index is 12.2. The molecule has 29 heavy (non-hydrogen) atoms. The summed E-state index contributed by atoms with van der Waals surface area (Å²) in [5.74, 6) is 1.13. The van der Waals surface area contributed by atoms with Crippen LogP contribution >= 0.6 is 24.0 Å². The molecule has 0 spiro atoms. The highest BCUT2D eigenvalue weighted by atomic mass is 127. The number of amides is 1. The first-order chi connectivity index (χ1) is 13.5. The molecule has 0 saturated carbocycles. The van der Waals surface area contributed by atoms with Crippen LogP contribution in [-0.2, 0) is 17.8 Å². The summed E-state index contributed by atoms with van der Waals surface area (Å²) < 4.78 is 0. The minimum Gasteiger partial charge on any atom is -0.355 e. The summed E-state index contributed by atoms with van der Waals surface area (Å²) >= 11 is 0. The van der Waals surface area contributed by atoms with Crippen LogP contribution in [0, 0.1) is 5.92 Å². The van der Waals surface area contributed by atoms with E-state index >= 15 is 0 Å². The van der Waals surface area contributed by atoms with Crippen molar-refractivity contribution in [2.75, 3.05) is 33.2 Å². The van der Waals surface area contributed by atoms with Crippen LogP contribution < -0.4 is 10.6 Å². The lowest BCUT2D eigenvalue weighted by molar-refractivity contribution is -0.133. The third-order valence-electron chi connectivity index (χ3n) is 5.91. The maximum absolute atomic E-state index is 12.2. The number of nitrogens with zero attached hydrogens (tertiary/aromatic N) is 3. The number of rotatable bonds is 5. The van der Waals surface area contributed by atoms with Crippen molar-refractivity contribution in [1.29, 1.82) is 0 Å². The quantitative estimate of drug-likeness (QED) is 0.361. The minimum absolute atomic E-state index is 0. The van der Waals surface area contributed by atoms with Gasteiger partial charge in [-0.2, -0.15) is 0 Å². The second-order valence-corrected chi connectivity index (χ2v) is 8.36. The van der Waals surface area contributed by atoms with Crippen molar-refractivity contribution in [3.8, 4) is 0 Å². The first-order valence-electron chi connectivity index (χ1n) is 10.5. The molecule has 0 aliphatic carbocycles. The average molecular weight is 513 g/mol. The normalized spacial score (nSPS) is 20.8. The number of hydrogen-bond donors (Lipinski definition) is 2. The number of hydrogen-bond acceptors (Lipinski definition) is 3. The zero-order valence-electron chi connectivity index (χ0n) is 18.1. The number of carbonyl (C=O) groups excluding carboxylic acids is 1. The van der Waals surface area contributed by atoms with Crippen LogP contribution in [0.25, 0.3) is 0 Å². The molecule has 2 aliphatic heterocycles. The number of likely N-dealkylation sites (tertiary alicyclic amines) is 1. The summed E-state index contributed by atoms with van der Waals surface area (Å²) in [6.07, 6.45) is 2.09. The molecule has 1 fully saturated rings. The lowest BCUT2D eigenvalue weighted by atomic mass is 9.99. The van der Waals surface area contributed by atoms with Crippen molar-refractivity contribution in [3.63, 3.8) is 0 Å². The first kappa shape index (κ1) is 23.9. The molecule has 162 valence electrons. The SMILES string of the molecule is CN=C(NCC(C)N1CCc2ccccc2C1)NC1CCN(C(=O)C(C)C)C1.I. The number of fused-ring (bicyclic) bond motifs is 1. The van der Waals surface area contributed by atoms with E-state index < -0.39 is 0 Å². The van der Waals surface area contributed by atoms with Gasteiger partial charge in [-0.05, 0) is 30.9 Å². The van der Waals surface area contributed by atoms with Gasteiger partial charge in [0.15, 0.2) is 5.96 Å². The average Bonchev–Trinajstić information content (AvgIpc) is 3.18. The van der Waals surface area contributed by atoms with Crippen molar-refractivity contribution >= 4 is 35.8 Å². The molecule has 7 heteroatoms. The van der Waals surface area contributed by atoms with Gasteiger partial charge in [0.25, 0.3) is 0 Å². The molecule has 1 aromatic carbocycles. The zero-order chi connectivity index (χ0) is 20.1. The number of benzene rings is 1. The van der Waals surface area contributed by atoms with Gasteiger partial charge >= 0.3 is 0 Å². The Bertz CT molecular complexity index is 708. The molecular weight excluding hydrogens is 477 g/mol. The van der Waals surface area contributed by atoms with Gasteiger partial charge in [-0.15, -0.1) is 24.0 Å². The minimum atomic E-state index is 0. The molecule has 2 unspecified atom stereocenters. The molecule has 1 aromatic rings. The van der Waals surface area contributed by atoms with Gasteiger partial charge < -0.3 is 15.5 Å². The Balaban J connectivity index is 0.00000300. The van der Waals surface area contributed by atoms with E-state index in [1.54, 1.807) is 0 Å². The predicted molar refractivity (Wildman–Crippen MR) is 130 cm³/mol. The van der Waals surface area contributed by atoms with E-state index in [4.69, 9.17) is 0 Å². The van der Waals surface area contributed by atoms with Crippen molar-refractivity contribution in [3.05, 3.63) is 35.4 Å². The number of halogens is 1. The summed E-state index contributed by atoms with van der Waals surface area (Å²) in [6, 6.07) is 9.45. The van der Waals surface area contributed by atoms with Crippen molar-refractivity contribution in [2.45, 2.75) is 52.2 Å². The highest BCUT2D eigenvalue weighted by molar-refractivity contribution is 14.0. The molecule has 3 rings (SSSR count). The lowest BCUT2D eigenvalue weighted by Gasteiger charge is -2.34. The molecule has 2 N–H and O–H groups in total. The highest BCUT2D eigenvalue weighted by Crippen LogP contribution is 2.20. The Morgan fingerprint density at radius 1 is 1.21 bits per heavy atom. The molecule has 1 amide bonds. The molecule has 2 atom stereocenters. The van der Waals surface area contributed by atoms with E-state index in [-0.39, 0.29) is 41.8 Å². The largest absolute Gasteiger partial charge is 0.355 e. The van der Waals surface area contributed by atoms with Gasteiger partial charge in [0.1, 0.15) is 0 Å². The standard InChI is InChI=1S/C22H35N5O.HI/c1-16(2)21(28)27-12-10-20(15-27)25-22(23-4)24-13-17(3)26-11-9-18-7-5-6-8-19(18)14-26;/h5-8,16-17,20H,9-15H2,1-4H3,(H2,23,24,25);1H. The van der Waals surface area contributed by atoms with E-state index in [1.165, 1.54) is 11.1 Å². The lowest BCUT2D eigenvalue weighted by Crippen LogP contribution is -2.50. The smallest absolute Gasteiger partial charge is 0.225 e. The molecule has 2 aliphatic rings. The molecule has 0 bridgehead atoms. The van der Waals surface area contributed by atoms with Crippen LogP contribution in [0.4, 0.5) is 0 Å². The Morgan fingerprint density at radius 3 is 2.62 bits per heavy atom. The predicted octanol–water partition coefficient (Wildman–Crippen LogP) is 2.47. The number of nitrogens with one attached hydrogen (secondary N) is 2. The van der Waals surface area contributed by atoms with E-state index in [9.17, 15) is 4.79 Å². The summed E-state index contributed by atoms with van der Waals surface area (Å²) in [7, 11) is 1.81. The fourth-order valence-corrected chi connectivity index (χ4v) is 4.10. The second kappa shape index (κ2) is 11.2. The number of carbonyl (C=O) groups is 1. The van der Waals surface area contributed by atoms with Crippen molar-refractivity contribution in [1.82, 2.24) is 20.4 Å². The number of aliphatic imine (C=N–C) groups is 1. The van der Waals surface area contributed by atoms with E-state index in [2.05, 4.69) is 51.7 Å². The summed E-state index contributed by atoms with van der Waals surface area (Å²) in [6.45, 7) is 10.7. The van der Waals surface area contributed by atoms with Crippen LogP contribution in [-0.4, -0.2) is 67.0 Å². The number of guanidine groups is 1. The van der Waals surface area contributed by atoms with Gasteiger partial charge in [-0.3, -0.25) is 14.7 Å². The Hall–Kier alpha value is -1.35. The molecule has 0 radical (unpaired) electrons. The summed E-state index contributed by atoms with van der Waals surface area (Å²) in [4.78, 5) is 21.0. The molecule has 0 aromatic heterocycles. The molecule has 6 nitrogen and oxygen atoms in total. The first-order valence-corrected chi connectivity index (χ1v) is 10.5. The monoisotopic (exact) mass is 513 g/mol. The van der Waals surface area contributed by atoms with Crippen molar-refractivity contribution < 1.29 is 4.79 Å². The van der Waals surface area contributed by atoms with Crippen molar-refractivity contribution in [2.24, 2.45) is 10.9 Å². The maximum Gasteiger partial charge on any atom is 0.225 e. The third kappa shape index (κ3) is 6.31. The Morgan fingerprint density at radius 2 is 1.93 bits per heavy atom. The summed E-state index contributed by atoms with van der Waals surface area (Å²) in [5.41, 5.74) is 2.93. The van der Waals surface area contributed by atoms with Crippen LogP contribution in [0.1, 0.15) is 38.3 Å². The highest BCUT2D eigenvalue weighted by Gasteiger charge is 2.28. The van der Waals surface area contributed by atoms with E-state index in [0.29, 0.717) is 6.04 Å². The fraction of sp³-hybridized carbons (Fsp3) is 0.636. The molecular formula is C22H36IN5O. The third-order valence-corrected chi connectivity index (χ3v) is 5.91. The van der Waals surface area contributed by atoms with Gasteiger partial charge in [-0.1, -0.05) is 38.1 Å². The Labute approximate surface area is 192 Å². The zero-order valence-corrected chi connectivity index (χ0v) is 20.5. The van der Waals surface area contributed by atoms with Crippen LogP contribution in [0.5, 0.6) is 0 Å². The second-order valence-electron chi connectivity index (χ2n) is 8.36. The Kier molecular flexibility index (Phi) is 9.20. The fourth-order valence-electron chi connectivity index (χ4n) is 4.10. The van der Waals surface area contributed by atoms with E-state index in [0.717, 1.165) is 51.5 Å². The van der Waals surface area contributed by atoms with Gasteiger partial charge in [-0.25, -0.2) is 0 Å². The van der Waals surface area contributed by atoms with Crippen LogP contribution in [0.2, 0.25) is 0 Å². The van der Waals surface area contributed by atoms with Gasteiger partial charge in [0.2, 0.25) is 5.91 Å². The summed E-state index contributed by atoms with van der Waals surface area (Å²) in [5, 5.41) is 6.97. The molecule has 1 saturated heterocycles. The van der Waals surface area contributed by atoms with Crippen LogP contribution in [0.3, 0.4) is 0 Å². The topological polar surface area (TPSA) is 60.0 Å². The van der Waals surface area contributed by atoms with E-state index in [1.807, 2.05) is 25.8 Å².